The second-order valence-electron chi connectivity index (χ2n) is 3.79. The fraction of sp³-hybridized carbons (Fsp3) is 0.500. The predicted molar refractivity (Wildman–Crippen MR) is 62.5 cm³/mol. The van der Waals surface area contributed by atoms with Gasteiger partial charge in [-0.15, -0.1) is 0 Å². The van der Waals surface area contributed by atoms with E-state index in [0.29, 0.717) is 0 Å². The van der Waals surface area contributed by atoms with E-state index in [2.05, 4.69) is 0 Å². The van der Waals surface area contributed by atoms with Crippen molar-refractivity contribution in [2.24, 2.45) is 0 Å². The molecular formula is C12H19NO2. The van der Waals surface area contributed by atoms with E-state index in [1.807, 2.05) is 43.1 Å². The molecule has 15 heavy (non-hydrogen) atoms. The van der Waals surface area contributed by atoms with Crippen LogP contribution in [0.25, 0.3) is 0 Å². The van der Waals surface area contributed by atoms with Crippen molar-refractivity contribution in [1.82, 2.24) is 0 Å². The first-order chi connectivity index (χ1) is 7.06. The Bertz CT molecular complexity index is 312. The molecule has 0 spiro atoms. The highest BCUT2D eigenvalue weighted by atomic mass is 16.5. The lowest BCUT2D eigenvalue weighted by Gasteiger charge is -2.29. The van der Waals surface area contributed by atoms with Crippen LogP contribution in [0.4, 0.5) is 5.69 Å². The molecule has 0 radical (unpaired) electrons. The van der Waals surface area contributed by atoms with Crippen molar-refractivity contribution in [1.29, 1.82) is 0 Å². The van der Waals surface area contributed by atoms with E-state index in [1.165, 1.54) is 0 Å². The summed E-state index contributed by atoms with van der Waals surface area (Å²) in [7, 11) is 3.61. The van der Waals surface area contributed by atoms with Crippen molar-refractivity contribution in [3.63, 3.8) is 0 Å². The van der Waals surface area contributed by atoms with Gasteiger partial charge in [-0.25, -0.2) is 0 Å². The van der Waals surface area contributed by atoms with Gasteiger partial charge in [0.15, 0.2) is 0 Å². The summed E-state index contributed by atoms with van der Waals surface area (Å²) >= 11 is 0. The molecule has 0 saturated heterocycles. The van der Waals surface area contributed by atoms with Gasteiger partial charge in [0.2, 0.25) is 0 Å². The molecule has 0 heterocycles. The van der Waals surface area contributed by atoms with Crippen molar-refractivity contribution < 1.29 is 9.84 Å². The Morgan fingerprint density at radius 2 is 2.00 bits per heavy atom. The normalized spacial score (nSPS) is 14.5. The van der Waals surface area contributed by atoms with Crippen LogP contribution >= 0.6 is 0 Å². The van der Waals surface area contributed by atoms with Gasteiger partial charge in [0.1, 0.15) is 5.75 Å². The van der Waals surface area contributed by atoms with Gasteiger partial charge in [-0.05, 0) is 26.0 Å². The van der Waals surface area contributed by atoms with Crippen LogP contribution in [0.15, 0.2) is 24.3 Å². The minimum atomic E-state index is -0.360. The van der Waals surface area contributed by atoms with Gasteiger partial charge in [0, 0.05) is 18.8 Å². The maximum atomic E-state index is 9.51. The number of hydrogen-bond acceptors (Lipinski definition) is 3. The van der Waals surface area contributed by atoms with E-state index in [0.717, 1.165) is 11.4 Å². The molecular weight excluding hydrogens is 190 g/mol. The first-order valence-corrected chi connectivity index (χ1v) is 5.11. The van der Waals surface area contributed by atoms with Crippen LogP contribution < -0.4 is 9.64 Å². The molecule has 0 aromatic heterocycles. The predicted octanol–water partition coefficient (Wildman–Crippen LogP) is 1.90. The van der Waals surface area contributed by atoms with Gasteiger partial charge < -0.3 is 14.7 Å². The Labute approximate surface area is 91.3 Å². The Morgan fingerprint density at radius 1 is 1.33 bits per heavy atom. The molecule has 2 atom stereocenters. The third-order valence-corrected chi connectivity index (χ3v) is 2.77. The van der Waals surface area contributed by atoms with Crippen molar-refractivity contribution in [3.8, 4) is 5.75 Å². The average Bonchev–Trinajstić information content (AvgIpc) is 2.27. The lowest BCUT2D eigenvalue weighted by atomic mass is 10.1. The van der Waals surface area contributed by atoms with E-state index in [9.17, 15) is 5.11 Å². The van der Waals surface area contributed by atoms with Crippen LogP contribution in [0.1, 0.15) is 13.8 Å². The van der Waals surface area contributed by atoms with E-state index < -0.39 is 0 Å². The van der Waals surface area contributed by atoms with Crippen LogP contribution in [0, 0.1) is 0 Å². The Hall–Kier alpha value is -1.22. The molecule has 0 amide bonds. The minimum absolute atomic E-state index is 0.0807. The number of ether oxygens (including phenoxy) is 1. The molecule has 0 aliphatic carbocycles. The fourth-order valence-corrected chi connectivity index (χ4v) is 1.39. The number of nitrogens with zero attached hydrogens (tertiary/aromatic N) is 1. The second-order valence-corrected chi connectivity index (χ2v) is 3.79. The van der Waals surface area contributed by atoms with Crippen LogP contribution in [0.2, 0.25) is 0 Å². The van der Waals surface area contributed by atoms with Gasteiger partial charge in [-0.3, -0.25) is 0 Å². The first kappa shape index (κ1) is 11.9. The first-order valence-electron chi connectivity index (χ1n) is 5.11. The highest BCUT2D eigenvalue weighted by Crippen LogP contribution is 2.22. The van der Waals surface area contributed by atoms with Gasteiger partial charge >= 0.3 is 0 Å². The number of aliphatic hydroxyl groups excluding tert-OH is 1. The number of aliphatic hydroxyl groups is 1. The third-order valence-electron chi connectivity index (χ3n) is 2.77. The molecule has 0 fully saturated rings. The van der Waals surface area contributed by atoms with E-state index >= 15 is 0 Å². The van der Waals surface area contributed by atoms with Crippen molar-refractivity contribution in [3.05, 3.63) is 24.3 Å². The fourth-order valence-electron chi connectivity index (χ4n) is 1.39. The zero-order chi connectivity index (χ0) is 11.4. The lowest BCUT2D eigenvalue weighted by molar-refractivity contribution is 0.168. The largest absolute Gasteiger partial charge is 0.497 e. The Kier molecular flexibility index (Phi) is 3.97. The van der Waals surface area contributed by atoms with Crippen LogP contribution in [0.5, 0.6) is 5.75 Å². The number of methoxy groups -OCH3 is 1. The molecule has 3 heteroatoms. The molecule has 1 rings (SSSR count). The molecule has 84 valence electrons. The summed E-state index contributed by atoms with van der Waals surface area (Å²) in [6, 6.07) is 7.89. The SMILES string of the molecule is COc1cccc(N(C)C(C)C(C)O)c1. The van der Waals surface area contributed by atoms with Crippen LogP contribution in [0.3, 0.4) is 0 Å². The van der Waals surface area contributed by atoms with Crippen molar-refractivity contribution in [2.75, 3.05) is 19.1 Å². The lowest BCUT2D eigenvalue weighted by Crippen LogP contribution is -2.37. The van der Waals surface area contributed by atoms with Gasteiger partial charge in [0.25, 0.3) is 0 Å². The quantitative estimate of drug-likeness (QED) is 0.822. The standard InChI is InChI=1S/C12H19NO2/c1-9(10(2)14)13(3)11-6-5-7-12(8-11)15-4/h5-10,14H,1-4H3. The summed E-state index contributed by atoms with van der Waals surface area (Å²) in [6.45, 7) is 3.78. The van der Waals surface area contributed by atoms with Crippen molar-refractivity contribution >= 4 is 5.69 Å². The third kappa shape index (κ3) is 2.86. The smallest absolute Gasteiger partial charge is 0.120 e. The number of likely N-dealkylation sites (N-methyl/N-ethyl adjacent to an activating group) is 1. The monoisotopic (exact) mass is 209 g/mol. The minimum Gasteiger partial charge on any atom is -0.497 e. The average molecular weight is 209 g/mol. The molecule has 0 bridgehead atoms. The summed E-state index contributed by atoms with van der Waals surface area (Å²) < 4.78 is 5.16. The van der Waals surface area contributed by atoms with Crippen molar-refractivity contribution in [2.45, 2.75) is 26.0 Å². The molecule has 1 N–H and O–H groups in total. The number of anilines is 1. The highest BCUT2D eigenvalue weighted by Gasteiger charge is 2.15. The summed E-state index contributed by atoms with van der Waals surface area (Å²) in [5.41, 5.74) is 1.04. The van der Waals surface area contributed by atoms with E-state index in [-0.39, 0.29) is 12.1 Å². The maximum absolute atomic E-state index is 9.51. The Balaban J connectivity index is 2.85. The molecule has 0 saturated carbocycles. The zero-order valence-electron chi connectivity index (χ0n) is 9.77. The zero-order valence-corrected chi connectivity index (χ0v) is 9.77. The molecule has 0 aliphatic rings. The summed E-state index contributed by atoms with van der Waals surface area (Å²) in [4.78, 5) is 2.03. The maximum Gasteiger partial charge on any atom is 0.120 e. The summed E-state index contributed by atoms with van der Waals surface area (Å²) in [5, 5.41) is 9.51. The van der Waals surface area contributed by atoms with Crippen LogP contribution in [-0.4, -0.2) is 31.4 Å². The van der Waals surface area contributed by atoms with Crippen LogP contribution in [-0.2, 0) is 0 Å². The highest BCUT2D eigenvalue weighted by molar-refractivity contribution is 5.50. The summed E-state index contributed by atoms with van der Waals surface area (Å²) in [6.07, 6.45) is -0.360. The summed E-state index contributed by atoms with van der Waals surface area (Å²) in [5.74, 6) is 0.831. The molecule has 1 aromatic rings. The van der Waals surface area contributed by atoms with Gasteiger partial charge in [-0.1, -0.05) is 6.07 Å². The number of rotatable bonds is 4. The van der Waals surface area contributed by atoms with Gasteiger partial charge in [0.05, 0.1) is 19.3 Å². The van der Waals surface area contributed by atoms with E-state index in [4.69, 9.17) is 4.74 Å². The molecule has 2 unspecified atom stereocenters. The topological polar surface area (TPSA) is 32.7 Å². The van der Waals surface area contributed by atoms with Gasteiger partial charge in [-0.2, -0.15) is 0 Å². The Morgan fingerprint density at radius 3 is 2.53 bits per heavy atom. The number of benzene rings is 1. The molecule has 1 aromatic carbocycles. The molecule has 0 aliphatic heterocycles. The molecule has 3 nitrogen and oxygen atoms in total. The second kappa shape index (κ2) is 5.03. The van der Waals surface area contributed by atoms with E-state index in [1.54, 1.807) is 14.0 Å². The number of hydrogen-bond donors (Lipinski definition) is 1.